The molecule has 11 heteroatoms. The van der Waals surface area contributed by atoms with E-state index in [2.05, 4.69) is 41.8 Å². The van der Waals surface area contributed by atoms with Crippen molar-refractivity contribution in [3.8, 4) is 11.5 Å². The molecule has 0 radical (unpaired) electrons. The zero-order valence-electron chi connectivity index (χ0n) is 16.5. The summed E-state index contributed by atoms with van der Waals surface area (Å²) < 4.78 is 37.3. The summed E-state index contributed by atoms with van der Waals surface area (Å²) in [5.41, 5.74) is 1.35. The molecule has 3 aromatic carbocycles. The Hall–Kier alpha value is -1.78. The highest BCUT2D eigenvalue weighted by Gasteiger charge is 2.14. The second-order valence-corrected chi connectivity index (χ2v) is 10.6. The van der Waals surface area contributed by atoms with Gasteiger partial charge in [-0.1, -0.05) is 45.2 Å². The summed E-state index contributed by atoms with van der Waals surface area (Å²) in [7, 11) is -2.28. The zero-order chi connectivity index (χ0) is 23.3. The Morgan fingerprint density at radius 2 is 1.78 bits per heavy atom. The van der Waals surface area contributed by atoms with Gasteiger partial charge in [0.05, 0.1) is 22.7 Å². The molecule has 0 aliphatic heterocycles. The van der Waals surface area contributed by atoms with Crippen molar-refractivity contribution in [1.82, 2.24) is 4.83 Å². The second-order valence-electron chi connectivity index (χ2n) is 6.37. The van der Waals surface area contributed by atoms with E-state index >= 15 is 0 Å². The van der Waals surface area contributed by atoms with Gasteiger partial charge in [-0.15, -0.1) is 0 Å². The minimum Gasteiger partial charge on any atom is -0.493 e. The van der Waals surface area contributed by atoms with Crippen molar-refractivity contribution in [3.63, 3.8) is 0 Å². The first kappa shape index (κ1) is 24.9. The number of methoxy groups -OCH3 is 1. The quantitative estimate of drug-likeness (QED) is 0.232. The van der Waals surface area contributed by atoms with Crippen LogP contribution in [0.15, 0.2) is 73.5 Å². The number of nitrogens with one attached hydrogen (secondary N) is 1. The molecule has 0 spiro atoms. The largest absolute Gasteiger partial charge is 0.493 e. The van der Waals surface area contributed by atoms with Crippen LogP contribution in [0.5, 0.6) is 11.5 Å². The molecule has 1 N–H and O–H groups in total. The first-order valence-electron chi connectivity index (χ1n) is 8.94. The van der Waals surface area contributed by atoms with E-state index in [1.54, 1.807) is 42.5 Å². The standard InChI is InChI=1S/C21H16Br2Cl2N2O4S/c1-30-20-9-13(11-26-27-32(28,29)17-6-3-15(22)4-7-17)8-18(23)21(20)31-12-14-2-5-16(24)10-19(14)25/h2-11,27H,12H2,1H3/b26-11-. The first-order chi connectivity index (χ1) is 15.2. The summed E-state index contributed by atoms with van der Waals surface area (Å²) in [5, 5.41) is 4.88. The van der Waals surface area contributed by atoms with Gasteiger partial charge in [0.1, 0.15) is 6.61 Å². The Morgan fingerprint density at radius 1 is 1.06 bits per heavy atom. The van der Waals surface area contributed by atoms with Crippen LogP contribution in [0, 0.1) is 0 Å². The Kier molecular flexibility index (Phi) is 8.46. The third-order valence-corrected chi connectivity index (χ3v) is 7.09. The molecular weight excluding hydrogens is 607 g/mol. The van der Waals surface area contributed by atoms with Gasteiger partial charge in [0.15, 0.2) is 11.5 Å². The Labute approximate surface area is 212 Å². The van der Waals surface area contributed by atoms with Crippen molar-refractivity contribution in [2.24, 2.45) is 5.10 Å². The van der Waals surface area contributed by atoms with Crippen molar-refractivity contribution in [1.29, 1.82) is 0 Å². The van der Waals surface area contributed by atoms with Crippen LogP contribution in [0.4, 0.5) is 0 Å². The molecule has 32 heavy (non-hydrogen) atoms. The average Bonchev–Trinajstić information content (AvgIpc) is 2.74. The Morgan fingerprint density at radius 3 is 2.44 bits per heavy atom. The monoisotopic (exact) mass is 620 g/mol. The van der Waals surface area contributed by atoms with Gasteiger partial charge >= 0.3 is 0 Å². The lowest BCUT2D eigenvalue weighted by Crippen LogP contribution is -2.18. The van der Waals surface area contributed by atoms with Gasteiger partial charge in [0.2, 0.25) is 0 Å². The normalized spacial score (nSPS) is 11.5. The summed E-state index contributed by atoms with van der Waals surface area (Å²) in [4.78, 5) is 2.28. The van der Waals surface area contributed by atoms with E-state index in [-0.39, 0.29) is 11.5 Å². The maximum absolute atomic E-state index is 12.3. The predicted octanol–water partition coefficient (Wildman–Crippen LogP) is 6.42. The minimum absolute atomic E-state index is 0.0984. The average molecular weight is 623 g/mol. The number of rotatable bonds is 8. The molecule has 0 heterocycles. The minimum atomic E-state index is -3.79. The smallest absolute Gasteiger partial charge is 0.276 e. The van der Waals surface area contributed by atoms with E-state index in [0.29, 0.717) is 31.6 Å². The number of hydrogen-bond donors (Lipinski definition) is 1. The lowest BCUT2D eigenvalue weighted by molar-refractivity contribution is 0.282. The fourth-order valence-corrected chi connectivity index (χ4v) is 4.67. The molecule has 0 bridgehead atoms. The fraction of sp³-hybridized carbons (Fsp3) is 0.0952. The summed E-state index contributed by atoms with van der Waals surface area (Å²) >= 11 is 18.8. The van der Waals surface area contributed by atoms with E-state index in [1.165, 1.54) is 25.5 Å². The highest BCUT2D eigenvalue weighted by Crippen LogP contribution is 2.37. The Bertz CT molecular complexity index is 1250. The van der Waals surface area contributed by atoms with E-state index in [4.69, 9.17) is 32.7 Å². The van der Waals surface area contributed by atoms with E-state index in [1.807, 2.05) is 0 Å². The van der Waals surface area contributed by atoms with Crippen LogP contribution in [-0.4, -0.2) is 21.7 Å². The van der Waals surface area contributed by atoms with Crippen LogP contribution in [0.2, 0.25) is 10.0 Å². The van der Waals surface area contributed by atoms with Gasteiger partial charge in [-0.2, -0.15) is 13.5 Å². The van der Waals surface area contributed by atoms with Crippen molar-refractivity contribution in [2.75, 3.05) is 7.11 Å². The number of halogens is 4. The molecule has 0 aliphatic carbocycles. The van der Waals surface area contributed by atoms with Gasteiger partial charge < -0.3 is 9.47 Å². The summed E-state index contributed by atoms with van der Waals surface area (Å²) in [6.45, 7) is 0.200. The lowest BCUT2D eigenvalue weighted by Gasteiger charge is -2.14. The van der Waals surface area contributed by atoms with Crippen LogP contribution in [-0.2, 0) is 16.6 Å². The molecule has 168 valence electrons. The first-order valence-corrected chi connectivity index (χ1v) is 12.8. The number of nitrogens with zero attached hydrogens (tertiary/aromatic N) is 1. The molecule has 0 amide bonds. The maximum atomic E-state index is 12.3. The Balaban J connectivity index is 1.74. The number of benzene rings is 3. The van der Waals surface area contributed by atoms with Gasteiger partial charge in [0, 0.05) is 20.1 Å². The summed E-state index contributed by atoms with van der Waals surface area (Å²) in [6, 6.07) is 14.8. The van der Waals surface area contributed by atoms with Crippen molar-refractivity contribution in [2.45, 2.75) is 11.5 Å². The van der Waals surface area contributed by atoms with E-state index < -0.39 is 10.0 Å². The van der Waals surface area contributed by atoms with Crippen LogP contribution in [0.1, 0.15) is 11.1 Å². The van der Waals surface area contributed by atoms with Crippen LogP contribution >= 0.6 is 55.1 Å². The molecule has 0 saturated carbocycles. The van der Waals surface area contributed by atoms with E-state index in [0.717, 1.165) is 10.0 Å². The molecule has 0 saturated heterocycles. The maximum Gasteiger partial charge on any atom is 0.276 e. The molecule has 6 nitrogen and oxygen atoms in total. The molecule has 0 fully saturated rings. The number of sulfonamides is 1. The molecule has 0 unspecified atom stereocenters. The predicted molar refractivity (Wildman–Crippen MR) is 134 cm³/mol. The molecule has 3 rings (SSSR count). The number of hydrazone groups is 1. The van der Waals surface area contributed by atoms with Crippen molar-refractivity contribution in [3.05, 3.63) is 84.7 Å². The number of ether oxygens (including phenoxy) is 2. The third kappa shape index (κ3) is 6.39. The van der Waals surface area contributed by atoms with Gasteiger partial charge in [-0.05, 0) is 70.0 Å². The third-order valence-electron chi connectivity index (χ3n) is 4.15. The highest BCUT2D eigenvalue weighted by atomic mass is 79.9. The molecular formula is C21H16Br2Cl2N2O4S. The summed E-state index contributed by atoms with van der Waals surface area (Å²) in [5.74, 6) is 0.896. The molecule has 0 aromatic heterocycles. The lowest BCUT2D eigenvalue weighted by atomic mass is 10.2. The van der Waals surface area contributed by atoms with E-state index in [9.17, 15) is 8.42 Å². The number of hydrogen-bond acceptors (Lipinski definition) is 5. The molecule has 0 aliphatic rings. The SMILES string of the molecule is COc1cc(/C=N\NS(=O)(=O)c2ccc(Br)cc2)cc(Br)c1OCc1ccc(Cl)cc1Cl. The van der Waals surface area contributed by atoms with Crippen molar-refractivity contribution >= 4 is 71.3 Å². The van der Waals surface area contributed by atoms with Crippen LogP contribution < -0.4 is 14.3 Å². The van der Waals surface area contributed by atoms with Crippen molar-refractivity contribution < 1.29 is 17.9 Å². The molecule has 0 atom stereocenters. The topological polar surface area (TPSA) is 77.0 Å². The second kappa shape index (κ2) is 10.9. The van der Waals surface area contributed by atoms with Gasteiger partial charge in [0.25, 0.3) is 10.0 Å². The summed E-state index contributed by atoms with van der Waals surface area (Å²) in [6.07, 6.45) is 1.36. The van der Waals surface area contributed by atoms with Crippen LogP contribution in [0.3, 0.4) is 0 Å². The molecule has 3 aromatic rings. The highest BCUT2D eigenvalue weighted by molar-refractivity contribution is 9.10. The fourth-order valence-electron chi connectivity index (χ4n) is 2.58. The van der Waals surface area contributed by atoms with Gasteiger partial charge in [-0.25, -0.2) is 4.83 Å². The van der Waals surface area contributed by atoms with Gasteiger partial charge in [-0.3, -0.25) is 0 Å². The van der Waals surface area contributed by atoms with Crippen LogP contribution in [0.25, 0.3) is 0 Å². The zero-order valence-corrected chi connectivity index (χ0v) is 22.0.